The molecule has 0 aliphatic rings. The van der Waals surface area contributed by atoms with E-state index in [-0.39, 0.29) is 5.91 Å². The summed E-state index contributed by atoms with van der Waals surface area (Å²) in [6.45, 7) is 2.26. The van der Waals surface area contributed by atoms with Gasteiger partial charge in [0.2, 0.25) is 5.91 Å². The van der Waals surface area contributed by atoms with E-state index >= 15 is 0 Å². The molecule has 1 aromatic rings. The third kappa shape index (κ3) is 13.7. The minimum atomic E-state index is -1.55. The standard InChI is InChI=1S/C28H42INO3/c1-3-5-6-7-8-9-10-11-12-13-14-15-16-17-18-23-26(31)30-28(32)25-22-19-21-24(20-4-2)27(25)29-33/h2,19,21-22H,3,5-18,20,23H2,1H3,(H,30,31,32). The Morgan fingerprint density at radius 2 is 1.36 bits per heavy atom. The second-order valence-electron chi connectivity index (χ2n) is 8.81. The van der Waals surface area contributed by atoms with Crippen molar-refractivity contribution in [1.82, 2.24) is 5.32 Å². The molecule has 5 heteroatoms. The molecule has 0 unspecified atom stereocenters. The predicted octanol–water partition coefficient (Wildman–Crippen LogP) is 7.87. The smallest absolute Gasteiger partial charge is 0.259 e. The normalized spacial score (nSPS) is 10.7. The zero-order chi connectivity index (χ0) is 24.2. The summed E-state index contributed by atoms with van der Waals surface area (Å²) in [5, 5.41) is 2.44. The van der Waals surface area contributed by atoms with E-state index < -0.39 is 27.1 Å². The Kier molecular flexibility index (Phi) is 17.8. The van der Waals surface area contributed by atoms with E-state index in [0.717, 1.165) is 24.8 Å². The number of hydrogen-bond donors (Lipinski definition) is 1. The van der Waals surface area contributed by atoms with Crippen LogP contribution in [0, 0.1) is 15.9 Å². The Morgan fingerprint density at radius 3 is 1.85 bits per heavy atom. The first-order valence-corrected chi connectivity index (χ1v) is 14.8. The van der Waals surface area contributed by atoms with Gasteiger partial charge in [0.15, 0.2) is 21.2 Å². The first-order valence-electron chi connectivity index (χ1n) is 12.8. The van der Waals surface area contributed by atoms with Crippen LogP contribution in [0.3, 0.4) is 0 Å². The minimum absolute atomic E-state index is 0.271. The minimum Gasteiger partial charge on any atom is -0.292 e. The van der Waals surface area contributed by atoms with Crippen molar-refractivity contribution in [2.45, 2.75) is 116 Å². The molecule has 33 heavy (non-hydrogen) atoms. The van der Waals surface area contributed by atoms with Crippen molar-refractivity contribution in [2.24, 2.45) is 0 Å². The average Bonchev–Trinajstić information content (AvgIpc) is 2.81. The first kappa shape index (κ1) is 29.5. The van der Waals surface area contributed by atoms with Crippen molar-refractivity contribution in [3.63, 3.8) is 0 Å². The lowest BCUT2D eigenvalue weighted by Gasteiger charge is -2.08. The number of hydrogen-bond acceptors (Lipinski definition) is 3. The van der Waals surface area contributed by atoms with E-state index in [0.29, 0.717) is 22.0 Å². The molecular weight excluding hydrogens is 525 g/mol. The Balaban J connectivity index is 2.08. The fourth-order valence-electron chi connectivity index (χ4n) is 4.01. The van der Waals surface area contributed by atoms with Crippen LogP contribution in [0.1, 0.15) is 126 Å². The summed E-state index contributed by atoms with van der Waals surface area (Å²) in [6, 6.07) is 5.09. The average molecular weight is 568 g/mol. The molecule has 0 saturated heterocycles. The van der Waals surface area contributed by atoms with Gasteiger partial charge in [0.1, 0.15) is 0 Å². The van der Waals surface area contributed by atoms with Crippen molar-refractivity contribution in [3.05, 3.63) is 32.9 Å². The van der Waals surface area contributed by atoms with Crippen LogP contribution >= 0.6 is 21.2 Å². The number of halogens is 1. The van der Waals surface area contributed by atoms with Crippen molar-refractivity contribution in [2.75, 3.05) is 0 Å². The van der Waals surface area contributed by atoms with E-state index in [1.165, 1.54) is 77.0 Å². The van der Waals surface area contributed by atoms with Crippen molar-refractivity contribution >= 4 is 33.0 Å². The van der Waals surface area contributed by atoms with Gasteiger partial charge in [-0.15, -0.1) is 12.3 Å². The van der Waals surface area contributed by atoms with Gasteiger partial charge >= 0.3 is 0 Å². The highest BCUT2D eigenvalue weighted by Gasteiger charge is 2.17. The summed E-state index contributed by atoms with van der Waals surface area (Å²) in [7, 11) is 0. The molecule has 0 aliphatic carbocycles. The molecule has 0 aliphatic heterocycles. The van der Waals surface area contributed by atoms with Gasteiger partial charge in [0.25, 0.3) is 5.91 Å². The van der Waals surface area contributed by atoms with Crippen LogP contribution in [0.5, 0.6) is 0 Å². The van der Waals surface area contributed by atoms with Crippen LogP contribution in [-0.2, 0) is 14.3 Å². The number of benzene rings is 1. The zero-order valence-electron chi connectivity index (χ0n) is 20.4. The molecule has 1 rings (SSSR count). The third-order valence-corrected chi connectivity index (χ3v) is 7.67. The molecule has 0 radical (unpaired) electrons. The molecule has 0 aromatic heterocycles. The largest absolute Gasteiger partial charge is 0.292 e. The van der Waals surface area contributed by atoms with E-state index in [4.69, 9.17) is 6.42 Å². The fraction of sp³-hybridized carbons (Fsp3) is 0.643. The molecular formula is C28H42INO3. The van der Waals surface area contributed by atoms with Gasteiger partial charge in [-0.3, -0.25) is 18.0 Å². The van der Waals surface area contributed by atoms with Gasteiger partial charge in [-0.05, 0) is 18.1 Å². The third-order valence-electron chi connectivity index (χ3n) is 5.95. The highest BCUT2D eigenvalue weighted by Crippen LogP contribution is 2.21. The van der Waals surface area contributed by atoms with Crippen molar-refractivity contribution < 1.29 is 12.7 Å². The number of nitrogens with one attached hydrogen (secondary N) is 1. The lowest BCUT2D eigenvalue weighted by Crippen LogP contribution is -2.31. The number of carbonyl (C=O) groups excluding carboxylic acids is 2. The Morgan fingerprint density at radius 1 is 0.848 bits per heavy atom. The lowest BCUT2D eigenvalue weighted by atomic mass is 10.0. The molecule has 0 fully saturated rings. The quantitative estimate of drug-likeness (QED) is 0.105. The van der Waals surface area contributed by atoms with Crippen LogP contribution in [0.2, 0.25) is 0 Å². The topological polar surface area (TPSA) is 63.2 Å². The predicted molar refractivity (Wildman–Crippen MR) is 144 cm³/mol. The maximum absolute atomic E-state index is 12.4. The molecule has 0 heterocycles. The molecule has 0 bridgehead atoms. The van der Waals surface area contributed by atoms with Crippen molar-refractivity contribution in [1.29, 1.82) is 0 Å². The van der Waals surface area contributed by atoms with Gasteiger partial charge in [0, 0.05) is 12.8 Å². The highest BCUT2D eigenvalue weighted by atomic mass is 127. The maximum atomic E-state index is 12.4. The van der Waals surface area contributed by atoms with Gasteiger partial charge < -0.3 is 0 Å². The summed E-state index contributed by atoms with van der Waals surface area (Å²) in [6.07, 6.45) is 25.1. The summed E-state index contributed by atoms with van der Waals surface area (Å²) >= 11 is -1.55. The monoisotopic (exact) mass is 567 g/mol. The van der Waals surface area contributed by atoms with Gasteiger partial charge in [-0.25, -0.2) is 0 Å². The second kappa shape index (κ2) is 19.9. The van der Waals surface area contributed by atoms with E-state index in [1.54, 1.807) is 18.2 Å². The van der Waals surface area contributed by atoms with Gasteiger partial charge in [-0.1, -0.05) is 109 Å². The Labute approximate surface area is 211 Å². The van der Waals surface area contributed by atoms with Crippen LogP contribution in [-0.4, -0.2) is 11.8 Å². The van der Waals surface area contributed by atoms with E-state index in [9.17, 15) is 12.7 Å². The Hall–Kier alpha value is -1.55. The molecule has 184 valence electrons. The summed E-state index contributed by atoms with van der Waals surface area (Å²) in [4.78, 5) is 24.6. The van der Waals surface area contributed by atoms with E-state index in [1.807, 2.05) is 0 Å². The van der Waals surface area contributed by atoms with E-state index in [2.05, 4.69) is 18.2 Å². The summed E-state index contributed by atoms with van der Waals surface area (Å²) in [5.74, 6) is 1.76. The zero-order valence-corrected chi connectivity index (χ0v) is 22.6. The SMILES string of the molecule is C#CCc1cccc(C(=O)NC(=O)CCCCCCCCCCCCCCCCC)c1I=O. The Bertz CT molecular complexity index is 754. The number of imide groups is 1. The van der Waals surface area contributed by atoms with Gasteiger partial charge in [0.05, 0.1) is 9.13 Å². The molecule has 1 N–H and O–H groups in total. The number of rotatable bonds is 19. The maximum Gasteiger partial charge on any atom is 0.259 e. The molecule has 0 spiro atoms. The fourth-order valence-corrected chi connectivity index (χ4v) is 5.32. The number of amides is 2. The molecule has 0 saturated carbocycles. The number of unbranched alkanes of at least 4 members (excludes halogenated alkanes) is 14. The highest BCUT2D eigenvalue weighted by molar-refractivity contribution is 14.1. The van der Waals surface area contributed by atoms with Crippen LogP contribution < -0.4 is 5.32 Å². The van der Waals surface area contributed by atoms with Gasteiger partial charge in [-0.2, -0.15) is 0 Å². The second-order valence-corrected chi connectivity index (χ2v) is 10.3. The van der Waals surface area contributed by atoms with Crippen LogP contribution in [0.4, 0.5) is 0 Å². The molecule has 2 amide bonds. The molecule has 1 aromatic carbocycles. The number of carbonyl (C=O) groups is 2. The summed E-state index contributed by atoms with van der Waals surface area (Å²) < 4.78 is 12.1. The van der Waals surface area contributed by atoms with Crippen molar-refractivity contribution in [3.8, 4) is 12.3 Å². The summed E-state index contributed by atoms with van der Waals surface area (Å²) in [5.41, 5.74) is 1.03. The van der Waals surface area contributed by atoms with Crippen LogP contribution in [0.15, 0.2) is 18.2 Å². The molecule has 0 atom stereocenters. The lowest BCUT2D eigenvalue weighted by molar-refractivity contribution is -0.120. The number of terminal acetylenes is 1. The van der Waals surface area contributed by atoms with Crippen LogP contribution in [0.25, 0.3) is 0 Å². The first-order chi connectivity index (χ1) is 16.1. The molecule has 4 nitrogen and oxygen atoms in total.